The van der Waals surface area contributed by atoms with Crippen LogP contribution in [0.3, 0.4) is 0 Å². The van der Waals surface area contributed by atoms with Crippen LogP contribution in [0, 0.1) is 0 Å². The number of amides is 1. The zero-order valence-electron chi connectivity index (χ0n) is 11.9. The Bertz CT molecular complexity index is 405. The number of carbonyl (C=O) groups is 1. The van der Waals surface area contributed by atoms with Crippen molar-refractivity contribution < 1.29 is 9.53 Å². The molecule has 1 amide bonds. The normalized spacial score (nSPS) is 16.4. The summed E-state index contributed by atoms with van der Waals surface area (Å²) in [5, 5.41) is 0. The summed E-state index contributed by atoms with van der Waals surface area (Å²) in [5.74, 6) is 1.80. The number of methoxy groups -OCH3 is 1. The fraction of sp³-hybridized carbons (Fsp3) is 0.562. The molecule has 0 spiro atoms. The zero-order chi connectivity index (χ0) is 13.7. The van der Waals surface area contributed by atoms with Crippen LogP contribution in [0.15, 0.2) is 24.3 Å². The molecule has 0 N–H and O–H groups in total. The highest BCUT2D eigenvalue weighted by molar-refractivity contribution is 5.76. The molecule has 0 saturated carbocycles. The fourth-order valence-electron chi connectivity index (χ4n) is 2.71. The Morgan fingerprint density at radius 2 is 1.89 bits per heavy atom. The summed E-state index contributed by atoms with van der Waals surface area (Å²) in [6.07, 6.45) is 3.77. The molecule has 2 rings (SSSR count). The van der Waals surface area contributed by atoms with Gasteiger partial charge in [0.25, 0.3) is 0 Å². The number of likely N-dealkylation sites (tertiary alicyclic amines) is 1. The highest BCUT2D eigenvalue weighted by Crippen LogP contribution is 2.29. The molecule has 1 heterocycles. The average Bonchev–Trinajstić information content (AvgIpc) is 2.48. The van der Waals surface area contributed by atoms with Crippen LogP contribution in [-0.2, 0) is 4.79 Å². The molecule has 0 radical (unpaired) electrons. The number of hydrogen-bond acceptors (Lipinski definition) is 2. The quantitative estimate of drug-likeness (QED) is 0.833. The molecule has 1 saturated heterocycles. The van der Waals surface area contributed by atoms with E-state index in [1.807, 2.05) is 17.0 Å². The van der Waals surface area contributed by atoms with Crippen LogP contribution in [0.25, 0.3) is 0 Å². The molecule has 0 unspecified atom stereocenters. The van der Waals surface area contributed by atoms with Gasteiger partial charge >= 0.3 is 0 Å². The standard InChI is InChI=1S/C16H23NO2/c1-3-4-16(18)17-11-9-14(10-12-17)13-5-7-15(19-2)8-6-13/h5-8,14H,3-4,9-12H2,1-2H3. The Hall–Kier alpha value is -1.51. The van der Waals surface area contributed by atoms with Crippen LogP contribution in [0.5, 0.6) is 5.75 Å². The van der Waals surface area contributed by atoms with Crippen LogP contribution in [-0.4, -0.2) is 31.0 Å². The maximum atomic E-state index is 11.8. The van der Waals surface area contributed by atoms with Crippen molar-refractivity contribution in [2.24, 2.45) is 0 Å². The molecule has 0 bridgehead atoms. The van der Waals surface area contributed by atoms with Crippen LogP contribution in [0.1, 0.15) is 44.1 Å². The van der Waals surface area contributed by atoms with Gasteiger partial charge in [-0.1, -0.05) is 19.1 Å². The van der Waals surface area contributed by atoms with E-state index in [-0.39, 0.29) is 0 Å². The molecule has 1 aromatic carbocycles. The molecule has 1 aliphatic rings. The Balaban J connectivity index is 1.90. The van der Waals surface area contributed by atoms with E-state index >= 15 is 0 Å². The molecule has 1 fully saturated rings. The SMILES string of the molecule is CCCC(=O)N1CCC(c2ccc(OC)cc2)CC1. The Morgan fingerprint density at radius 1 is 1.26 bits per heavy atom. The molecular formula is C16H23NO2. The summed E-state index contributed by atoms with van der Waals surface area (Å²) < 4.78 is 5.18. The van der Waals surface area contributed by atoms with Gasteiger partial charge < -0.3 is 9.64 Å². The first kappa shape index (κ1) is 13.9. The summed E-state index contributed by atoms with van der Waals surface area (Å²) in [4.78, 5) is 13.9. The molecule has 0 atom stereocenters. The third kappa shape index (κ3) is 3.49. The highest BCUT2D eigenvalue weighted by Gasteiger charge is 2.23. The number of hydrogen-bond donors (Lipinski definition) is 0. The topological polar surface area (TPSA) is 29.5 Å². The van der Waals surface area contributed by atoms with E-state index in [0.717, 1.165) is 38.1 Å². The minimum atomic E-state index is 0.315. The maximum absolute atomic E-state index is 11.8. The molecule has 0 aromatic heterocycles. The van der Waals surface area contributed by atoms with Crippen LogP contribution in [0.4, 0.5) is 0 Å². The second kappa shape index (κ2) is 6.60. The first-order valence-corrected chi connectivity index (χ1v) is 7.16. The van der Waals surface area contributed by atoms with Gasteiger partial charge in [-0.15, -0.1) is 0 Å². The number of ether oxygens (including phenoxy) is 1. The summed E-state index contributed by atoms with van der Waals surface area (Å²) >= 11 is 0. The second-order valence-electron chi connectivity index (χ2n) is 5.18. The van der Waals surface area contributed by atoms with Gasteiger partial charge in [-0.2, -0.15) is 0 Å². The van der Waals surface area contributed by atoms with Crippen molar-refractivity contribution in [1.82, 2.24) is 4.90 Å². The average molecular weight is 261 g/mol. The van der Waals surface area contributed by atoms with E-state index < -0.39 is 0 Å². The summed E-state index contributed by atoms with van der Waals surface area (Å²) in [6, 6.07) is 8.33. The molecule has 1 aromatic rings. The third-order valence-electron chi connectivity index (χ3n) is 3.90. The predicted octanol–water partition coefficient (Wildman–Crippen LogP) is 3.20. The van der Waals surface area contributed by atoms with Crippen molar-refractivity contribution in [3.8, 4) is 5.75 Å². The lowest BCUT2D eigenvalue weighted by Gasteiger charge is -2.32. The molecular weight excluding hydrogens is 238 g/mol. The number of piperidine rings is 1. The minimum absolute atomic E-state index is 0.315. The first-order chi connectivity index (χ1) is 9.24. The van der Waals surface area contributed by atoms with E-state index in [2.05, 4.69) is 19.1 Å². The lowest BCUT2D eigenvalue weighted by molar-refractivity contribution is -0.132. The van der Waals surface area contributed by atoms with Crippen molar-refractivity contribution in [2.45, 2.75) is 38.5 Å². The molecule has 3 nitrogen and oxygen atoms in total. The van der Waals surface area contributed by atoms with Gasteiger partial charge in [-0.25, -0.2) is 0 Å². The van der Waals surface area contributed by atoms with Crippen LogP contribution < -0.4 is 4.74 Å². The van der Waals surface area contributed by atoms with Gasteiger partial charge in [-0.05, 0) is 42.9 Å². The van der Waals surface area contributed by atoms with Crippen molar-refractivity contribution in [3.05, 3.63) is 29.8 Å². The van der Waals surface area contributed by atoms with Crippen LogP contribution >= 0.6 is 0 Å². The van der Waals surface area contributed by atoms with Crippen LogP contribution in [0.2, 0.25) is 0 Å². The second-order valence-corrected chi connectivity index (χ2v) is 5.18. The summed E-state index contributed by atoms with van der Waals surface area (Å²) in [7, 11) is 1.69. The Kier molecular flexibility index (Phi) is 4.83. The van der Waals surface area contributed by atoms with E-state index in [4.69, 9.17) is 4.74 Å². The Morgan fingerprint density at radius 3 is 2.42 bits per heavy atom. The van der Waals surface area contributed by atoms with E-state index in [9.17, 15) is 4.79 Å². The maximum Gasteiger partial charge on any atom is 0.222 e. The number of benzene rings is 1. The smallest absolute Gasteiger partial charge is 0.222 e. The molecule has 19 heavy (non-hydrogen) atoms. The van der Waals surface area contributed by atoms with Gasteiger partial charge in [0.2, 0.25) is 5.91 Å². The minimum Gasteiger partial charge on any atom is -0.497 e. The third-order valence-corrected chi connectivity index (χ3v) is 3.90. The molecule has 0 aliphatic carbocycles. The zero-order valence-corrected chi connectivity index (χ0v) is 11.9. The van der Waals surface area contributed by atoms with Crippen molar-refractivity contribution in [2.75, 3.05) is 20.2 Å². The summed E-state index contributed by atoms with van der Waals surface area (Å²) in [6.45, 7) is 3.85. The monoisotopic (exact) mass is 261 g/mol. The van der Waals surface area contributed by atoms with Crippen molar-refractivity contribution in [3.63, 3.8) is 0 Å². The van der Waals surface area contributed by atoms with Gasteiger partial charge in [0.05, 0.1) is 7.11 Å². The number of carbonyl (C=O) groups excluding carboxylic acids is 1. The lowest BCUT2D eigenvalue weighted by Crippen LogP contribution is -2.37. The van der Waals surface area contributed by atoms with Gasteiger partial charge in [0.1, 0.15) is 5.75 Å². The molecule has 1 aliphatic heterocycles. The first-order valence-electron chi connectivity index (χ1n) is 7.16. The van der Waals surface area contributed by atoms with Crippen molar-refractivity contribution >= 4 is 5.91 Å². The predicted molar refractivity (Wildman–Crippen MR) is 76.5 cm³/mol. The highest BCUT2D eigenvalue weighted by atomic mass is 16.5. The van der Waals surface area contributed by atoms with E-state index in [1.54, 1.807) is 7.11 Å². The van der Waals surface area contributed by atoms with Gasteiger partial charge in [-0.3, -0.25) is 4.79 Å². The number of rotatable bonds is 4. The van der Waals surface area contributed by atoms with Gasteiger partial charge in [0.15, 0.2) is 0 Å². The molecule has 104 valence electrons. The number of nitrogens with zero attached hydrogens (tertiary/aromatic N) is 1. The summed E-state index contributed by atoms with van der Waals surface area (Å²) in [5.41, 5.74) is 1.36. The van der Waals surface area contributed by atoms with Gasteiger partial charge in [0, 0.05) is 19.5 Å². The van der Waals surface area contributed by atoms with E-state index in [1.165, 1.54) is 5.56 Å². The largest absolute Gasteiger partial charge is 0.497 e. The Labute approximate surface area is 115 Å². The van der Waals surface area contributed by atoms with E-state index in [0.29, 0.717) is 18.2 Å². The van der Waals surface area contributed by atoms with Crippen molar-refractivity contribution in [1.29, 1.82) is 0 Å². The fourth-order valence-corrected chi connectivity index (χ4v) is 2.71. The molecule has 3 heteroatoms. The lowest BCUT2D eigenvalue weighted by atomic mass is 9.89.